The van der Waals surface area contributed by atoms with Gasteiger partial charge in [0.05, 0.1) is 0 Å². The van der Waals surface area contributed by atoms with Gasteiger partial charge in [-0.05, 0) is 36.6 Å². The van der Waals surface area contributed by atoms with E-state index in [1.165, 1.54) is 16.9 Å². The van der Waals surface area contributed by atoms with E-state index >= 15 is 0 Å². The predicted octanol–water partition coefficient (Wildman–Crippen LogP) is 3.09. The number of benzene rings is 1. The molecular formula is C17H19NO3S. The van der Waals surface area contributed by atoms with Crippen molar-refractivity contribution in [2.45, 2.75) is 26.8 Å². The third kappa shape index (κ3) is 4.70. The minimum Gasteiger partial charge on any atom is -0.451 e. The fourth-order valence-corrected chi connectivity index (χ4v) is 2.65. The molecule has 2 aromatic rings. The molecular weight excluding hydrogens is 298 g/mol. The second kappa shape index (κ2) is 7.75. The first-order valence-electron chi connectivity index (χ1n) is 7.16. The molecule has 116 valence electrons. The molecule has 22 heavy (non-hydrogen) atoms. The number of carbonyl (C=O) groups excluding carboxylic acids is 2. The summed E-state index contributed by atoms with van der Waals surface area (Å²) in [7, 11) is 0. The predicted molar refractivity (Wildman–Crippen MR) is 87.0 cm³/mol. The molecule has 0 saturated heterocycles. The lowest BCUT2D eigenvalue weighted by molar-refractivity contribution is -0.124. The molecule has 1 aromatic carbocycles. The summed E-state index contributed by atoms with van der Waals surface area (Å²) in [5, 5.41) is 2.74. The van der Waals surface area contributed by atoms with Crippen molar-refractivity contribution < 1.29 is 14.3 Å². The fourth-order valence-electron chi connectivity index (χ4n) is 1.89. The number of ether oxygens (including phenoxy) is 1. The molecule has 0 unspecified atom stereocenters. The van der Waals surface area contributed by atoms with E-state index in [0.717, 1.165) is 16.9 Å². The molecule has 1 amide bonds. The van der Waals surface area contributed by atoms with Gasteiger partial charge in [0.2, 0.25) is 0 Å². The standard InChI is InChI=1S/C17H19NO3S/c1-3-13-5-7-14(8-6-13)10-18-16(19)11-21-17(20)15-9-4-12(2)22-15/h4-9H,3,10-11H2,1-2H3,(H,18,19). The van der Waals surface area contributed by atoms with Crippen molar-refractivity contribution in [1.82, 2.24) is 5.32 Å². The van der Waals surface area contributed by atoms with Crippen molar-refractivity contribution in [2.75, 3.05) is 6.61 Å². The lowest BCUT2D eigenvalue weighted by atomic mass is 10.1. The van der Waals surface area contributed by atoms with E-state index < -0.39 is 5.97 Å². The number of esters is 1. The smallest absolute Gasteiger partial charge is 0.348 e. The van der Waals surface area contributed by atoms with Gasteiger partial charge < -0.3 is 10.1 Å². The van der Waals surface area contributed by atoms with Crippen molar-refractivity contribution >= 4 is 23.2 Å². The number of aryl methyl sites for hydroxylation is 2. The lowest BCUT2D eigenvalue weighted by Crippen LogP contribution is -2.28. The molecule has 0 aliphatic heterocycles. The Morgan fingerprint density at radius 3 is 2.36 bits per heavy atom. The molecule has 0 aliphatic carbocycles. The lowest BCUT2D eigenvalue weighted by Gasteiger charge is -2.06. The molecule has 2 rings (SSSR count). The van der Waals surface area contributed by atoms with Gasteiger partial charge in [-0.3, -0.25) is 4.79 Å². The second-order valence-corrected chi connectivity index (χ2v) is 6.22. The van der Waals surface area contributed by atoms with Crippen LogP contribution in [0.25, 0.3) is 0 Å². The zero-order valence-corrected chi connectivity index (χ0v) is 13.5. The maximum absolute atomic E-state index is 11.7. The third-order valence-electron chi connectivity index (χ3n) is 3.20. The highest BCUT2D eigenvalue weighted by molar-refractivity contribution is 7.13. The summed E-state index contributed by atoms with van der Waals surface area (Å²) >= 11 is 1.35. The molecule has 5 heteroatoms. The number of rotatable bonds is 6. The SMILES string of the molecule is CCc1ccc(CNC(=O)COC(=O)c2ccc(C)s2)cc1. The summed E-state index contributed by atoms with van der Waals surface area (Å²) in [6.07, 6.45) is 0.991. The molecule has 0 radical (unpaired) electrons. The van der Waals surface area contributed by atoms with Crippen molar-refractivity contribution in [3.05, 3.63) is 57.3 Å². The Kier molecular flexibility index (Phi) is 5.72. The summed E-state index contributed by atoms with van der Waals surface area (Å²) in [5.41, 5.74) is 2.28. The Bertz CT molecular complexity index is 646. The van der Waals surface area contributed by atoms with E-state index in [4.69, 9.17) is 4.74 Å². The van der Waals surface area contributed by atoms with E-state index in [-0.39, 0.29) is 12.5 Å². The van der Waals surface area contributed by atoms with Gasteiger partial charge in [-0.25, -0.2) is 4.79 Å². The number of amides is 1. The second-order valence-electron chi connectivity index (χ2n) is 4.93. The van der Waals surface area contributed by atoms with E-state index in [2.05, 4.69) is 12.2 Å². The van der Waals surface area contributed by atoms with Gasteiger partial charge >= 0.3 is 5.97 Å². The van der Waals surface area contributed by atoms with Crippen LogP contribution >= 0.6 is 11.3 Å². The molecule has 1 N–H and O–H groups in total. The summed E-state index contributed by atoms with van der Waals surface area (Å²) in [5.74, 6) is -0.762. The van der Waals surface area contributed by atoms with E-state index in [9.17, 15) is 9.59 Å². The van der Waals surface area contributed by atoms with Gasteiger partial charge in [-0.2, -0.15) is 0 Å². The number of carbonyl (C=O) groups is 2. The minimum absolute atomic E-state index is 0.261. The van der Waals surface area contributed by atoms with Gasteiger partial charge in [-0.15, -0.1) is 11.3 Å². The Labute approximate surface area is 134 Å². The van der Waals surface area contributed by atoms with Crippen LogP contribution in [-0.4, -0.2) is 18.5 Å². The van der Waals surface area contributed by atoms with Gasteiger partial charge in [0.25, 0.3) is 5.91 Å². The molecule has 0 fully saturated rings. The topological polar surface area (TPSA) is 55.4 Å². The molecule has 0 spiro atoms. The summed E-state index contributed by atoms with van der Waals surface area (Å²) in [6, 6.07) is 11.6. The number of thiophene rings is 1. The van der Waals surface area contributed by atoms with Crippen molar-refractivity contribution in [3.8, 4) is 0 Å². The van der Waals surface area contributed by atoms with Crippen molar-refractivity contribution in [1.29, 1.82) is 0 Å². The molecule has 1 heterocycles. The van der Waals surface area contributed by atoms with Crippen LogP contribution < -0.4 is 5.32 Å². The number of hydrogen-bond acceptors (Lipinski definition) is 4. The van der Waals surface area contributed by atoms with Crippen molar-refractivity contribution in [2.24, 2.45) is 0 Å². The monoisotopic (exact) mass is 317 g/mol. The van der Waals surface area contributed by atoms with Crippen LogP contribution in [0.1, 0.15) is 32.6 Å². The molecule has 0 aliphatic rings. The molecule has 0 saturated carbocycles. The zero-order chi connectivity index (χ0) is 15.9. The number of hydrogen-bond donors (Lipinski definition) is 1. The molecule has 0 atom stereocenters. The fraction of sp³-hybridized carbons (Fsp3) is 0.294. The van der Waals surface area contributed by atoms with Crippen LogP contribution in [-0.2, 0) is 22.5 Å². The normalized spacial score (nSPS) is 10.3. The summed E-state index contributed by atoms with van der Waals surface area (Å²) in [4.78, 5) is 25.0. The largest absolute Gasteiger partial charge is 0.451 e. The number of nitrogens with one attached hydrogen (secondary N) is 1. The van der Waals surface area contributed by atoms with E-state index in [1.54, 1.807) is 6.07 Å². The first-order chi connectivity index (χ1) is 10.6. The maximum Gasteiger partial charge on any atom is 0.348 e. The maximum atomic E-state index is 11.7. The van der Waals surface area contributed by atoms with Crippen LogP contribution in [0.15, 0.2) is 36.4 Å². The summed E-state index contributed by atoms with van der Waals surface area (Å²) < 4.78 is 4.99. The van der Waals surface area contributed by atoms with Crippen LogP contribution in [0.3, 0.4) is 0 Å². The molecule has 4 nitrogen and oxygen atoms in total. The minimum atomic E-state index is -0.458. The Hall–Kier alpha value is -2.14. The first-order valence-corrected chi connectivity index (χ1v) is 7.98. The third-order valence-corrected chi connectivity index (χ3v) is 4.18. The van der Waals surface area contributed by atoms with E-state index in [0.29, 0.717) is 11.4 Å². The van der Waals surface area contributed by atoms with Crippen LogP contribution in [0, 0.1) is 6.92 Å². The Morgan fingerprint density at radius 2 is 1.77 bits per heavy atom. The summed E-state index contributed by atoms with van der Waals surface area (Å²) in [6.45, 7) is 4.18. The van der Waals surface area contributed by atoms with Gasteiger partial charge in [0.1, 0.15) is 4.88 Å². The molecule has 0 bridgehead atoms. The average Bonchev–Trinajstić information content (AvgIpc) is 2.97. The van der Waals surface area contributed by atoms with Gasteiger partial charge in [0.15, 0.2) is 6.61 Å². The highest BCUT2D eigenvalue weighted by atomic mass is 32.1. The van der Waals surface area contributed by atoms with Crippen LogP contribution in [0.2, 0.25) is 0 Å². The van der Waals surface area contributed by atoms with Crippen molar-refractivity contribution in [3.63, 3.8) is 0 Å². The first kappa shape index (κ1) is 16.2. The quantitative estimate of drug-likeness (QED) is 0.833. The zero-order valence-electron chi connectivity index (χ0n) is 12.7. The van der Waals surface area contributed by atoms with Crippen LogP contribution in [0.4, 0.5) is 0 Å². The van der Waals surface area contributed by atoms with Gasteiger partial charge in [-0.1, -0.05) is 31.2 Å². The highest BCUT2D eigenvalue weighted by Gasteiger charge is 2.11. The molecule has 1 aromatic heterocycles. The van der Waals surface area contributed by atoms with E-state index in [1.807, 2.05) is 37.3 Å². The Morgan fingerprint density at radius 1 is 1.09 bits per heavy atom. The van der Waals surface area contributed by atoms with Gasteiger partial charge in [0, 0.05) is 11.4 Å². The van der Waals surface area contributed by atoms with Crippen LogP contribution in [0.5, 0.6) is 0 Å². The highest BCUT2D eigenvalue weighted by Crippen LogP contribution is 2.15. The average molecular weight is 317 g/mol. The Balaban J connectivity index is 1.74.